The number of aryl methyl sites for hydroxylation is 2. The van der Waals surface area contributed by atoms with Crippen molar-refractivity contribution in [2.24, 2.45) is 0 Å². The van der Waals surface area contributed by atoms with E-state index in [-0.39, 0.29) is 0 Å². The molecule has 2 aromatic rings. The molecule has 0 saturated heterocycles. The van der Waals surface area contributed by atoms with Crippen molar-refractivity contribution in [1.82, 2.24) is 0 Å². The normalized spacial score (nSPS) is 10.8. The van der Waals surface area contributed by atoms with Gasteiger partial charge in [0.2, 0.25) is 0 Å². The van der Waals surface area contributed by atoms with Crippen LogP contribution in [0.15, 0.2) is 23.6 Å². The standard InChI is InChI=1S/C11H12S/c1-3-9-5-4-6-10-8(2)7-12-11(9)10/h4-7H,3H2,1-2H3. The fourth-order valence-electron chi connectivity index (χ4n) is 1.52. The highest BCUT2D eigenvalue weighted by Gasteiger charge is 2.02. The van der Waals surface area contributed by atoms with Gasteiger partial charge < -0.3 is 0 Å². The molecule has 0 N–H and O–H groups in total. The third kappa shape index (κ3) is 1.05. The summed E-state index contributed by atoms with van der Waals surface area (Å²) in [5, 5.41) is 3.67. The number of fused-ring (bicyclic) bond motifs is 1. The molecule has 0 aliphatic rings. The van der Waals surface area contributed by atoms with Crippen molar-refractivity contribution in [3.63, 3.8) is 0 Å². The Hall–Kier alpha value is -0.820. The van der Waals surface area contributed by atoms with Crippen LogP contribution in [0, 0.1) is 6.92 Å². The molecule has 12 heavy (non-hydrogen) atoms. The van der Waals surface area contributed by atoms with Crippen LogP contribution in [0.5, 0.6) is 0 Å². The maximum atomic E-state index is 2.24. The average molecular weight is 176 g/mol. The predicted octanol–water partition coefficient (Wildman–Crippen LogP) is 3.77. The molecular formula is C11H12S. The number of benzene rings is 1. The number of rotatable bonds is 1. The van der Waals surface area contributed by atoms with Crippen LogP contribution in [0.25, 0.3) is 10.1 Å². The Morgan fingerprint density at radius 3 is 2.92 bits per heavy atom. The Bertz CT molecular complexity index is 398. The second kappa shape index (κ2) is 2.91. The van der Waals surface area contributed by atoms with E-state index >= 15 is 0 Å². The van der Waals surface area contributed by atoms with Crippen molar-refractivity contribution in [3.05, 3.63) is 34.7 Å². The summed E-state index contributed by atoms with van der Waals surface area (Å²) in [5.74, 6) is 0. The van der Waals surface area contributed by atoms with Gasteiger partial charge in [-0.05, 0) is 35.2 Å². The van der Waals surface area contributed by atoms with Crippen LogP contribution in [0.2, 0.25) is 0 Å². The molecule has 0 bridgehead atoms. The smallest absolute Gasteiger partial charge is 0.0377 e. The van der Waals surface area contributed by atoms with Gasteiger partial charge in [0.15, 0.2) is 0 Å². The summed E-state index contributed by atoms with van der Waals surface area (Å²) in [4.78, 5) is 0. The van der Waals surface area contributed by atoms with E-state index in [0.717, 1.165) is 6.42 Å². The molecule has 0 spiro atoms. The summed E-state index contributed by atoms with van der Waals surface area (Å²) in [6, 6.07) is 6.58. The molecule has 0 atom stereocenters. The molecule has 1 heteroatoms. The number of hydrogen-bond acceptors (Lipinski definition) is 1. The van der Waals surface area contributed by atoms with Gasteiger partial charge in [-0.1, -0.05) is 25.1 Å². The lowest BCUT2D eigenvalue weighted by molar-refractivity contribution is 1.16. The third-order valence-electron chi connectivity index (χ3n) is 2.26. The van der Waals surface area contributed by atoms with Crippen LogP contribution in [-0.2, 0) is 6.42 Å². The van der Waals surface area contributed by atoms with Crippen LogP contribution >= 0.6 is 11.3 Å². The lowest BCUT2D eigenvalue weighted by Gasteiger charge is -1.97. The minimum atomic E-state index is 1.14. The Labute approximate surface area is 76.8 Å². The Morgan fingerprint density at radius 1 is 1.33 bits per heavy atom. The van der Waals surface area contributed by atoms with E-state index in [0.29, 0.717) is 0 Å². The van der Waals surface area contributed by atoms with Crippen LogP contribution < -0.4 is 0 Å². The van der Waals surface area contributed by atoms with Crippen molar-refractivity contribution in [2.75, 3.05) is 0 Å². The van der Waals surface area contributed by atoms with Crippen molar-refractivity contribution in [2.45, 2.75) is 20.3 Å². The Morgan fingerprint density at radius 2 is 2.17 bits per heavy atom. The quantitative estimate of drug-likeness (QED) is 0.620. The highest BCUT2D eigenvalue weighted by molar-refractivity contribution is 7.17. The SMILES string of the molecule is CCc1cccc2c(C)csc12. The molecule has 0 fully saturated rings. The highest BCUT2D eigenvalue weighted by atomic mass is 32.1. The number of hydrogen-bond donors (Lipinski definition) is 0. The summed E-state index contributed by atoms with van der Waals surface area (Å²) in [6.45, 7) is 4.39. The van der Waals surface area contributed by atoms with Gasteiger partial charge in [-0.25, -0.2) is 0 Å². The van der Waals surface area contributed by atoms with E-state index in [9.17, 15) is 0 Å². The zero-order valence-corrected chi connectivity index (χ0v) is 8.24. The van der Waals surface area contributed by atoms with Gasteiger partial charge in [0.05, 0.1) is 0 Å². The molecule has 2 rings (SSSR count). The van der Waals surface area contributed by atoms with Crippen LogP contribution in [0.4, 0.5) is 0 Å². The van der Waals surface area contributed by atoms with Crippen molar-refractivity contribution in [3.8, 4) is 0 Å². The first kappa shape index (κ1) is 7.81. The van der Waals surface area contributed by atoms with Gasteiger partial charge in [-0.15, -0.1) is 11.3 Å². The van der Waals surface area contributed by atoms with E-state index in [1.165, 1.54) is 21.2 Å². The van der Waals surface area contributed by atoms with Crippen molar-refractivity contribution in [1.29, 1.82) is 0 Å². The van der Waals surface area contributed by atoms with Crippen LogP contribution in [0.3, 0.4) is 0 Å². The first-order valence-electron chi connectivity index (χ1n) is 4.28. The largest absolute Gasteiger partial charge is 0.143 e. The van der Waals surface area contributed by atoms with Gasteiger partial charge in [-0.2, -0.15) is 0 Å². The van der Waals surface area contributed by atoms with E-state index < -0.39 is 0 Å². The fourth-order valence-corrected chi connectivity index (χ4v) is 2.67. The zero-order chi connectivity index (χ0) is 8.55. The predicted molar refractivity (Wildman–Crippen MR) is 55.9 cm³/mol. The van der Waals surface area contributed by atoms with E-state index in [4.69, 9.17) is 0 Å². The zero-order valence-electron chi connectivity index (χ0n) is 7.42. The minimum absolute atomic E-state index is 1.14. The first-order chi connectivity index (χ1) is 5.83. The van der Waals surface area contributed by atoms with Gasteiger partial charge in [0, 0.05) is 4.70 Å². The van der Waals surface area contributed by atoms with Crippen molar-refractivity contribution < 1.29 is 0 Å². The van der Waals surface area contributed by atoms with E-state index in [2.05, 4.69) is 37.4 Å². The molecule has 0 unspecified atom stereocenters. The van der Waals surface area contributed by atoms with Gasteiger partial charge >= 0.3 is 0 Å². The maximum absolute atomic E-state index is 2.24. The lowest BCUT2D eigenvalue weighted by atomic mass is 10.1. The van der Waals surface area contributed by atoms with Crippen LogP contribution in [-0.4, -0.2) is 0 Å². The first-order valence-corrected chi connectivity index (χ1v) is 5.16. The molecule has 0 amide bonds. The molecule has 62 valence electrons. The molecule has 1 heterocycles. The molecule has 0 aliphatic carbocycles. The summed E-state index contributed by atoms with van der Waals surface area (Å²) >= 11 is 1.87. The molecule has 0 nitrogen and oxygen atoms in total. The topological polar surface area (TPSA) is 0 Å². The number of thiophene rings is 1. The second-order valence-corrected chi connectivity index (χ2v) is 3.95. The monoisotopic (exact) mass is 176 g/mol. The molecular weight excluding hydrogens is 164 g/mol. The highest BCUT2D eigenvalue weighted by Crippen LogP contribution is 2.28. The summed E-state index contributed by atoms with van der Waals surface area (Å²) in [7, 11) is 0. The van der Waals surface area contributed by atoms with Gasteiger partial charge in [0.1, 0.15) is 0 Å². The van der Waals surface area contributed by atoms with Gasteiger partial charge in [0.25, 0.3) is 0 Å². The fraction of sp³-hybridized carbons (Fsp3) is 0.273. The van der Waals surface area contributed by atoms with Crippen LogP contribution in [0.1, 0.15) is 18.1 Å². The Kier molecular flexibility index (Phi) is 1.89. The van der Waals surface area contributed by atoms with E-state index in [1.807, 2.05) is 11.3 Å². The van der Waals surface area contributed by atoms with E-state index in [1.54, 1.807) is 0 Å². The average Bonchev–Trinajstić information content (AvgIpc) is 2.48. The molecule has 0 saturated carbocycles. The molecule has 0 radical (unpaired) electrons. The van der Waals surface area contributed by atoms with Crippen molar-refractivity contribution >= 4 is 21.4 Å². The molecule has 1 aromatic heterocycles. The van der Waals surface area contributed by atoms with Gasteiger partial charge in [-0.3, -0.25) is 0 Å². The molecule has 1 aromatic carbocycles. The maximum Gasteiger partial charge on any atom is 0.0377 e. The lowest BCUT2D eigenvalue weighted by Crippen LogP contribution is -1.78. The summed E-state index contributed by atoms with van der Waals surface area (Å²) in [5.41, 5.74) is 2.89. The summed E-state index contributed by atoms with van der Waals surface area (Å²) < 4.78 is 1.47. The second-order valence-electron chi connectivity index (χ2n) is 3.07. The minimum Gasteiger partial charge on any atom is -0.143 e. The molecule has 0 aliphatic heterocycles. The third-order valence-corrected chi connectivity index (χ3v) is 3.45. The Balaban J connectivity index is 2.81. The summed E-state index contributed by atoms with van der Waals surface area (Å²) in [6.07, 6.45) is 1.14.